The Kier molecular flexibility index (Phi) is 5.58. The molecular weight excluding hydrogens is 268 g/mol. The van der Waals surface area contributed by atoms with Gasteiger partial charge in [0.05, 0.1) is 6.54 Å². The summed E-state index contributed by atoms with van der Waals surface area (Å²) in [6, 6.07) is 2.73. The molecule has 1 aliphatic rings. The molecule has 1 N–H and O–H groups in total. The molecule has 0 amide bonds. The van der Waals surface area contributed by atoms with E-state index < -0.39 is 0 Å². The first-order valence-electron chi connectivity index (χ1n) is 7.63. The Morgan fingerprint density at radius 2 is 2.00 bits per heavy atom. The summed E-state index contributed by atoms with van der Waals surface area (Å²) in [6.45, 7) is 15.2. The fraction of sp³-hybridized carbons (Fsp3) is 0.750. The lowest BCUT2D eigenvalue weighted by Crippen LogP contribution is -2.39. The van der Waals surface area contributed by atoms with Gasteiger partial charge in [0.1, 0.15) is 11.5 Å². The second kappa shape index (κ2) is 7.01. The summed E-state index contributed by atoms with van der Waals surface area (Å²) in [5.41, 5.74) is 1.29. The first-order valence-corrected chi connectivity index (χ1v) is 8.57. The highest BCUT2D eigenvalue weighted by atomic mass is 32.2. The average molecular weight is 296 g/mol. The lowest BCUT2D eigenvalue weighted by Gasteiger charge is -2.33. The van der Waals surface area contributed by atoms with Crippen molar-refractivity contribution in [1.82, 2.24) is 10.2 Å². The van der Waals surface area contributed by atoms with Crippen molar-refractivity contribution in [2.45, 2.75) is 64.2 Å². The maximum Gasteiger partial charge on any atom is 0.118 e. The Bertz CT molecular complexity index is 420. The molecule has 1 aromatic rings. The number of aryl methyl sites for hydroxylation is 1. The monoisotopic (exact) mass is 296 g/mol. The van der Waals surface area contributed by atoms with Gasteiger partial charge in [-0.25, -0.2) is 0 Å². The molecule has 1 saturated heterocycles. The van der Waals surface area contributed by atoms with Gasteiger partial charge >= 0.3 is 0 Å². The zero-order valence-corrected chi connectivity index (χ0v) is 14.2. The van der Waals surface area contributed by atoms with Crippen LogP contribution in [0.2, 0.25) is 0 Å². The second-order valence-corrected chi connectivity index (χ2v) is 8.16. The van der Waals surface area contributed by atoms with E-state index in [1.165, 1.54) is 5.56 Å². The fourth-order valence-electron chi connectivity index (χ4n) is 2.79. The number of thioether (sulfide) groups is 1. The molecule has 2 rings (SSSR count). The molecule has 2 atom stereocenters. The van der Waals surface area contributed by atoms with Crippen molar-refractivity contribution in [1.29, 1.82) is 0 Å². The van der Waals surface area contributed by atoms with E-state index in [4.69, 9.17) is 4.42 Å². The molecule has 114 valence electrons. The Labute approximate surface area is 127 Å². The molecule has 2 unspecified atom stereocenters. The molecule has 0 spiro atoms. The van der Waals surface area contributed by atoms with Crippen LogP contribution in [-0.4, -0.2) is 34.5 Å². The van der Waals surface area contributed by atoms with E-state index >= 15 is 0 Å². The van der Waals surface area contributed by atoms with E-state index in [9.17, 15) is 0 Å². The maximum absolute atomic E-state index is 5.93. The van der Waals surface area contributed by atoms with Gasteiger partial charge in [0.2, 0.25) is 0 Å². The molecule has 20 heavy (non-hydrogen) atoms. The minimum Gasteiger partial charge on any atom is -0.465 e. The molecule has 0 radical (unpaired) electrons. The van der Waals surface area contributed by atoms with Gasteiger partial charge in [-0.3, -0.25) is 4.90 Å². The van der Waals surface area contributed by atoms with E-state index in [2.05, 4.69) is 62.7 Å². The van der Waals surface area contributed by atoms with Crippen LogP contribution < -0.4 is 5.32 Å². The third-order valence-electron chi connectivity index (χ3n) is 3.65. The molecule has 1 aromatic heterocycles. The number of hydrogen-bond acceptors (Lipinski definition) is 4. The van der Waals surface area contributed by atoms with Crippen molar-refractivity contribution >= 4 is 11.8 Å². The fourth-order valence-corrected chi connectivity index (χ4v) is 4.18. The zero-order chi connectivity index (χ0) is 14.7. The molecule has 1 aliphatic heterocycles. The van der Waals surface area contributed by atoms with E-state index in [0.717, 1.165) is 48.2 Å². The highest BCUT2D eigenvalue weighted by molar-refractivity contribution is 8.00. The standard InChI is InChI=1S/C16H28N2OS/c1-11(2)17-7-15-6-16(19-14(15)5)10-18-8-12(3)20-13(4)9-18/h6,11-13,17H,7-10H2,1-5H3. The van der Waals surface area contributed by atoms with E-state index in [1.807, 2.05) is 0 Å². The minimum atomic E-state index is 0.508. The van der Waals surface area contributed by atoms with Gasteiger partial charge in [-0.1, -0.05) is 27.7 Å². The van der Waals surface area contributed by atoms with Gasteiger partial charge in [-0.2, -0.15) is 11.8 Å². The Morgan fingerprint density at radius 1 is 1.35 bits per heavy atom. The number of hydrogen-bond donors (Lipinski definition) is 1. The zero-order valence-electron chi connectivity index (χ0n) is 13.4. The van der Waals surface area contributed by atoms with Crippen molar-refractivity contribution in [3.63, 3.8) is 0 Å². The smallest absolute Gasteiger partial charge is 0.118 e. The van der Waals surface area contributed by atoms with Crippen molar-refractivity contribution in [2.75, 3.05) is 13.1 Å². The normalized spacial score (nSPS) is 24.5. The van der Waals surface area contributed by atoms with Gasteiger partial charge in [0.15, 0.2) is 0 Å². The van der Waals surface area contributed by atoms with Crippen LogP contribution in [0, 0.1) is 6.92 Å². The molecule has 0 bridgehead atoms. The lowest BCUT2D eigenvalue weighted by atomic mass is 10.2. The molecular formula is C16H28N2OS. The van der Waals surface area contributed by atoms with Crippen LogP contribution in [0.15, 0.2) is 10.5 Å². The predicted octanol–water partition coefficient (Wildman–Crippen LogP) is 3.41. The van der Waals surface area contributed by atoms with Gasteiger partial charge < -0.3 is 9.73 Å². The summed E-state index contributed by atoms with van der Waals surface area (Å²) in [7, 11) is 0. The van der Waals surface area contributed by atoms with Crippen molar-refractivity contribution in [3.8, 4) is 0 Å². The predicted molar refractivity (Wildman–Crippen MR) is 87.2 cm³/mol. The SMILES string of the molecule is Cc1oc(CN2CC(C)SC(C)C2)cc1CNC(C)C. The van der Waals surface area contributed by atoms with Crippen molar-refractivity contribution < 1.29 is 4.42 Å². The van der Waals surface area contributed by atoms with E-state index in [1.54, 1.807) is 0 Å². The molecule has 2 heterocycles. The van der Waals surface area contributed by atoms with E-state index in [0.29, 0.717) is 6.04 Å². The molecule has 0 saturated carbocycles. The van der Waals surface area contributed by atoms with Crippen LogP contribution in [0.1, 0.15) is 44.8 Å². The summed E-state index contributed by atoms with van der Waals surface area (Å²) in [6.07, 6.45) is 0. The summed E-state index contributed by atoms with van der Waals surface area (Å²) in [5, 5.41) is 4.90. The van der Waals surface area contributed by atoms with E-state index in [-0.39, 0.29) is 0 Å². The van der Waals surface area contributed by atoms with Crippen LogP contribution in [0.25, 0.3) is 0 Å². The van der Waals surface area contributed by atoms with Gasteiger partial charge in [-0.05, 0) is 13.0 Å². The van der Waals surface area contributed by atoms with Crippen LogP contribution >= 0.6 is 11.8 Å². The first-order chi connectivity index (χ1) is 9.44. The lowest BCUT2D eigenvalue weighted by molar-refractivity contribution is 0.240. The summed E-state index contributed by atoms with van der Waals surface area (Å²) < 4.78 is 5.93. The average Bonchev–Trinajstić information content (AvgIpc) is 2.65. The largest absolute Gasteiger partial charge is 0.465 e. The summed E-state index contributed by atoms with van der Waals surface area (Å²) in [5.74, 6) is 2.16. The van der Waals surface area contributed by atoms with Crippen LogP contribution in [0.3, 0.4) is 0 Å². The molecule has 0 aromatic carbocycles. The molecule has 0 aliphatic carbocycles. The maximum atomic E-state index is 5.93. The molecule has 4 heteroatoms. The minimum absolute atomic E-state index is 0.508. The Balaban J connectivity index is 1.94. The second-order valence-electron chi connectivity index (χ2n) is 6.28. The quantitative estimate of drug-likeness (QED) is 0.901. The van der Waals surface area contributed by atoms with Crippen LogP contribution in [-0.2, 0) is 13.1 Å². The van der Waals surface area contributed by atoms with Gasteiger partial charge in [0.25, 0.3) is 0 Å². The van der Waals surface area contributed by atoms with Crippen LogP contribution in [0.4, 0.5) is 0 Å². The number of rotatable bonds is 5. The van der Waals surface area contributed by atoms with Gasteiger partial charge in [-0.15, -0.1) is 0 Å². The topological polar surface area (TPSA) is 28.4 Å². The van der Waals surface area contributed by atoms with Crippen LogP contribution in [0.5, 0.6) is 0 Å². The third-order valence-corrected chi connectivity index (χ3v) is 4.87. The number of nitrogens with zero attached hydrogens (tertiary/aromatic N) is 1. The summed E-state index contributed by atoms with van der Waals surface area (Å²) >= 11 is 2.09. The Hall–Kier alpha value is -0.450. The number of furan rings is 1. The Morgan fingerprint density at radius 3 is 2.60 bits per heavy atom. The highest BCUT2D eigenvalue weighted by Gasteiger charge is 2.23. The van der Waals surface area contributed by atoms with Crippen molar-refractivity contribution in [2.24, 2.45) is 0 Å². The summed E-state index contributed by atoms with van der Waals surface area (Å²) in [4.78, 5) is 2.52. The number of nitrogens with one attached hydrogen (secondary N) is 1. The molecule has 3 nitrogen and oxygen atoms in total. The van der Waals surface area contributed by atoms with Gasteiger partial charge in [0, 0.05) is 41.7 Å². The third kappa shape index (κ3) is 4.54. The molecule has 1 fully saturated rings. The highest BCUT2D eigenvalue weighted by Crippen LogP contribution is 2.26. The van der Waals surface area contributed by atoms with Crippen molar-refractivity contribution in [3.05, 3.63) is 23.2 Å². The first kappa shape index (κ1) is 15.9.